The molecule has 0 heterocycles. The Bertz CT molecular complexity index is 278. The van der Waals surface area contributed by atoms with Gasteiger partial charge in [0.05, 0.1) is 13.2 Å². The van der Waals surface area contributed by atoms with Crippen LogP contribution in [0.3, 0.4) is 0 Å². The van der Waals surface area contributed by atoms with E-state index in [4.69, 9.17) is 9.29 Å². The van der Waals surface area contributed by atoms with Crippen LogP contribution in [0.4, 0.5) is 4.79 Å². The number of methoxy groups -OCH3 is 1. The predicted octanol–water partition coefficient (Wildman–Crippen LogP) is 1.19. The van der Waals surface area contributed by atoms with Gasteiger partial charge in [-0.2, -0.15) is 0 Å². The first-order chi connectivity index (χ1) is 8.04. The van der Waals surface area contributed by atoms with Crippen molar-refractivity contribution in [3.63, 3.8) is 0 Å². The first-order valence-electron chi connectivity index (χ1n) is 5.54. The lowest BCUT2D eigenvalue weighted by Crippen LogP contribution is -2.40. The fraction of sp³-hybridized carbons (Fsp3) is 0.900. The SMILES string of the molecule is COC(=O)N(C)[C@H]1CC[C@H](OCS(=O)O)CC1. The van der Waals surface area contributed by atoms with E-state index in [1.54, 1.807) is 11.9 Å². The van der Waals surface area contributed by atoms with Gasteiger partial charge in [-0.15, -0.1) is 0 Å². The van der Waals surface area contributed by atoms with Crippen molar-refractivity contribution in [2.45, 2.75) is 37.8 Å². The van der Waals surface area contributed by atoms with Gasteiger partial charge >= 0.3 is 6.09 Å². The van der Waals surface area contributed by atoms with Crippen LogP contribution in [0.5, 0.6) is 0 Å². The molecule has 6 nitrogen and oxygen atoms in total. The van der Waals surface area contributed by atoms with Gasteiger partial charge in [-0.1, -0.05) is 0 Å². The van der Waals surface area contributed by atoms with Crippen molar-refractivity contribution in [2.75, 3.05) is 20.1 Å². The fourth-order valence-corrected chi connectivity index (χ4v) is 2.36. The van der Waals surface area contributed by atoms with Gasteiger partial charge < -0.3 is 18.9 Å². The highest BCUT2D eigenvalue weighted by Gasteiger charge is 2.27. The van der Waals surface area contributed by atoms with Crippen LogP contribution in [0, 0.1) is 0 Å². The summed E-state index contributed by atoms with van der Waals surface area (Å²) in [5.41, 5.74) is 0. The summed E-state index contributed by atoms with van der Waals surface area (Å²) in [6.07, 6.45) is 2.94. The summed E-state index contributed by atoms with van der Waals surface area (Å²) < 4.78 is 29.0. The number of carbonyl (C=O) groups is 1. The van der Waals surface area contributed by atoms with Crippen molar-refractivity contribution in [1.82, 2.24) is 4.90 Å². The van der Waals surface area contributed by atoms with Gasteiger partial charge in [0.2, 0.25) is 0 Å². The molecule has 0 aromatic heterocycles. The van der Waals surface area contributed by atoms with Crippen molar-refractivity contribution in [2.24, 2.45) is 0 Å². The maximum absolute atomic E-state index is 11.3. The van der Waals surface area contributed by atoms with Gasteiger partial charge in [0.1, 0.15) is 5.94 Å². The summed E-state index contributed by atoms with van der Waals surface area (Å²) in [7, 11) is 3.09. The van der Waals surface area contributed by atoms with Gasteiger partial charge in [0.25, 0.3) is 0 Å². The minimum atomic E-state index is -1.90. The Balaban J connectivity index is 2.30. The number of carbonyl (C=O) groups excluding carboxylic acids is 1. The van der Waals surface area contributed by atoms with Crippen LogP contribution >= 0.6 is 0 Å². The number of rotatable bonds is 4. The smallest absolute Gasteiger partial charge is 0.409 e. The van der Waals surface area contributed by atoms with Crippen LogP contribution in [-0.2, 0) is 20.6 Å². The topological polar surface area (TPSA) is 76.1 Å². The highest BCUT2D eigenvalue weighted by Crippen LogP contribution is 2.24. The highest BCUT2D eigenvalue weighted by atomic mass is 32.2. The predicted molar refractivity (Wildman–Crippen MR) is 62.9 cm³/mol. The zero-order chi connectivity index (χ0) is 12.8. The average molecular weight is 265 g/mol. The molecule has 1 atom stereocenters. The van der Waals surface area contributed by atoms with Gasteiger partial charge in [0, 0.05) is 13.1 Å². The standard InChI is InChI=1S/C10H19NO5S/c1-11(10(12)15-2)8-3-5-9(6-4-8)16-7-17(13)14/h8-9H,3-7H2,1-2H3,(H,13,14)/t8-,9-. The van der Waals surface area contributed by atoms with E-state index in [-0.39, 0.29) is 24.2 Å². The molecular formula is C10H19NO5S. The second-order valence-electron chi connectivity index (χ2n) is 4.12. The second kappa shape index (κ2) is 6.93. The molecule has 0 bridgehead atoms. The Morgan fingerprint density at radius 3 is 2.47 bits per heavy atom. The van der Waals surface area contributed by atoms with Crippen LogP contribution in [0.1, 0.15) is 25.7 Å². The summed E-state index contributed by atoms with van der Waals surface area (Å²) in [4.78, 5) is 12.9. The molecule has 7 heteroatoms. The molecule has 0 aromatic rings. The zero-order valence-corrected chi connectivity index (χ0v) is 10.9. The third kappa shape index (κ3) is 4.61. The van der Waals surface area contributed by atoms with Gasteiger partial charge in [-0.3, -0.25) is 0 Å². The van der Waals surface area contributed by atoms with Crippen LogP contribution in [-0.4, -0.2) is 52.0 Å². The number of hydrogen-bond donors (Lipinski definition) is 1. The molecule has 1 aliphatic carbocycles. The maximum atomic E-state index is 11.3. The minimum absolute atomic E-state index is 0.0217. The van der Waals surface area contributed by atoms with Gasteiger partial charge in [-0.25, -0.2) is 9.00 Å². The third-order valence-electron chi connectivity index (χ3n) is 3.06. The highest BCUT2D eigenvalue weighted by molar-refractivity contribution is 7.79. The summed E-state index contributed by atoms with van der Waals surface area (Å²) >= 11 is -1.90. The summed E-state index contributed by atoms with van der Waals surface area (Å²) in [5.74, 6) is -0.137. The zero-order valence-electron chi connectivity index (χ0n) is 10.1. The molecule has 1 N–H and O–H groups in total. The molecule has 0 saturated heterocycles. The summed E-state index contributed by atoms with van der Waals surface area (Å²) in [6, 6.07) is 0.168. The Kier molecular flexibility index (Phi) is 5.87. The van der Waals surface area contributed by atoms with E-state index in [9.17, 15) is 9.00 Å². The Hall–Kier alpha value is -0.660. The normalized spacial score (nSPS) is 26.3. The van der Waals surface area contributed by atoms with Crippen molar-refractivity contribution in [3.8, 4) is 0 Å². The molecule has 0 radical (unpaired) electrons. The molecule has 17 heavy (non-hydrogen) atoms. The molecule has 0 aromatic carbocycles. The van der Waals surface area contributed by atoms with E-state index in [2.05, 4.69) is 4.74 Å². The van der Waals surface area contributed by atoms with Crippen molar-refractivity contribution < 1.29 is 23.0 Å². The lowest BCUT2D eigenvalue weighted by Gasteiger charge is -2.33. The largest absolute Gasteiger partial charge is 0.453 e. The molecule has 100 valence electrons. The number of amides is 1. The van der Waals surface area contributed by atoms with Gasteiger partial charge in [-0.05, 0) is 25.7 Å². The van der Waals surface area contributed by atoms with E-state index in [0.29, 0.717) is 0 Å². The molecule has 1 amide bonds. The summed E-state index contributed by atoms with van der Waals surface area (Å²) in [6.45, 7) is 0. The first kappa shape index (κ1) is 14.4. The van der Waals surface area contributed by atoms with Crippen molar-refractivity contribution in [3.05, 3.63) is 0 Å². The molecule has 1 fully saturated rings. The van der Waals surface area contributed by atoms with Crippen LogP contribution in [0.2, 0.25) is 0 Å². The average Bonchev–Trinajstić information content (AvgIpc) is 2.35. The second-order valence-corrected chi connectivity index (χ2v) is 5.00. The number of nitrogens with zero attached hydrogens (tertiary/aromatic N) is 1. The lowest BCUT2D eigenvalue weighted by molar-refractivity contribution is 0.0317. The maximum Gasteiger partial charge on any atom is 0.409 e. The van der Waals surface area contributed by atoms with E-state index < -0.39 is 11.1 Å². The molecule has 1 aliphatic rings. The quantitative estimate of drug-likeness (QED) is 0.773. The number of hydrogen-bond acceptors (Lipinski definition) is 4. The molecule has 0 aliphatic heterocycles. The van der Waals surface area contributed by atoms with Crippen LogP contribution in [0.15, 0.2) is 0 Å². The van der Waals surface area contributed by atoms with Crippen LogP contribution in [0.25, 0.3) is 0 Å². The summed E-state index contributed by atoms with van der Waals surface area (Å²) in [5, 5.41) is 0. The molecule has 1 rings (SSSR count). The van der Waals surface area contributed by atoms with Crippen molar-refractivity contribution >= 4 is 17.2 Å². The Morgan fingerprint density at radius 1 is 1.41 bits per heavy atom. The monoisotopic (exact) mass is 265 g/mol. The molecular weight excluding hydrogens is 246 g/mol. The van der Waals surface area contributed by atoms with E-state index in [0.717, 1.165) is 25.7 Å². The minimum Gasteiger partial charge on any atom is -0.453 e. The van der Waals surface area contributed by atoms with E-state index >= 15 is 0 Å². The van der Waals surface area contributed by atoms with Gasteiger partial charge in [0.15, 0.2) is 11.1 Å². The molecule has 1 saturated carbocycles. The first-order valence-corrected chi connectivity index (χ1v) is 6.82. The van der Waals surface area contributed by atoms with Crippen molar-refractivity contribution in [1.29, 1.82) is 0 Å². The molecule has 1 unspecified atom stereocenters. The Labute approximate surface area is 104 Å². The van der Waals surface area contributed by atoms with Crippen LogP contribution < -0.4 is 0 Å². The lowest BCUT2D eigenvalue weighted by atomic mass is 9.92. The fourth-order valence-electron chi connectivity index (χ4n) is 2.05. The van der Waals surface area contributed by atoms with E-state index in [1.807, 2.05) is 0 Å². The number of ether oxygens (including phenoxy) is 2. The molecule has 0 spiro atoms. The van der Waals surface area contributed by atoms with E-state index in [1.165, 1.54) is 7.11 Å². The Morgan fingerprint density at radius 2 is 2.00 bits per heavy atom. The third-order valence-corrected chi connectivity index (χ3v) is 3.40.